The monoisotopic (exact) mass is 921 g/mol. The van der Waals surface area contributed by atoms with Gasteiger partial charge < -0.3 is 29.2 Å². The first kappa shape index (κ1) is 57.0. The Hall–Kier alpha value is -2.29. The lowest BCUT2D eigenvalue weighted by Crippen LogP contribution is -2.24. The first-order valence-corrected chi connectivity index (χ1v) is 28.0. The van der Waals surface area contributed by atoms with Crippen LogP contribution in [0.25, 0.3) is 10.8 Å². The largest absolute Gasteiger partial charge is 0.491 e. The van der Waals surface area contributed by atoms with Crippen LogP contribution in [-0.4, -0.2) is 62.1 Å². The minimum atomic E-state index is -0.719. The Morgan fingerprint density at radius 1 is 0.415 bits per heavy atom. The Balaban J connectivity index is 1.27. The molecule has 7 heteroatoms. The number of hydrogen-bond acceptors (Lipinski definition) is 7. The van der Waals surface area contributed by atoms with Crippen molar-refractivity contribution in [3.8, 4) is 11.5 Å². The summed E-state index contributed by atoms with van der Waals surface area (Å²) in [5.41, 5.74) is 0. The van der Waals surface area contributed by atoms with Gasteiger partial charge in [-0.15, -0.1) is 0 Å². The predicted molar refractivity (Wildman–Crippen MR) is 278 cm³/mol. The molecular weight excluding hydrogens is 825 g/mol. The van der Waals surface area contributed by atoms with E-state index >= 15 is 0 Å². The zero-order valence-electron chi connectivity index (χ0n) is 41.7. The molecule has 3 aromatic rings. The summed E-state index contributed by atoms with van der Waals surface area (Å²) in [6, 6.07) is 20.3. The van der Waals surface area contributed by atoms with E-state index in [2.05, 4.69) is 26.0 Å². The molecule has 370 valence electrons. The average molecular weight is 921 g/mol. The molecule has 0 spiro atoms. The zero-order valence-corrected chi connectivity index (χ0v) is 42.6. The summed E-state index contributed by atoms with van der Waals surface area (Å²) in [5, 5.41) is 23.5. The van der Waals surface area contributed by atoms with Crippen molar-refractivity contribution in [1.82, 2.24) is 0 Å². The number of ether oxygens (including phenoxy) is 4. The Morgan fingerprint density at radius 2 is 0.800 bits per heavy atom. The molecule has 0 heterocycles. The maximum atomic E-state index is 10.8. The van der Waals surface area contributed by atoms with Gasteiger partial charge in [-0.05, 0) is 48.6 Å². The fourth-order valence-electron chi connectivity index (χ4n) is 8.58. The number of aliphatic hydroxyl groups is 2. The van der Waals surface area contributed by atoms with E-state index in [0.29, 0.717) is 24.7 Å². The van der Waals surface area contributed by atoms with Crippen LogP contribution >= 0.6 is 11.8 Å². The summed E-state index contributed by atoms with van der Waals surface area (Å²) in [6.07, 6.45) is 41.8. The molecule has 6 nitrogen and oxygen atoms in total. The third kappa shape index (κ3) is 29.9. The summed E-state index contributed by atoms with van der Waals surface area (Å²) in [6.45, 7) is 6.76. The van der Waals surface area contributed by atoms with Crippen molar-refractivity contribution in [3.63, 3.8) is 0 Å². The van der Waals surface area contributed by atoms with Crippen molar-refractivity contribution in [1.29, 1.82) is 0 Å². The maximum Gasteiger partial charge on any atom is 0.134 e. The third-order valence-electron chi connectivity index (χ3n) is 12.6. The SMILES string of the molecule is CCCCCCCCCCCCCCCCCCOCC(O)COc1ccc2ccc(OCC(O)COCCCCCCCCCCCCCCCCCC)c(Sc3ccccc3)c2c1. The molecule has 0 amide bonds. The molecule has 0 aromatic heterocycles. The molecule has 3 aromatic carbocycles. The Bertz CT molecular complexity index is 1500. The molecule has 0 radical (unpaired) electrons. The van der Waals surface area contributed by atoms with E-state index in [1.165, 1.54) is 193 Å². The first-order valence-electron chi connectivity index (χ1n) is 27.2. The lowest BCUT2D eigenvalue weighted by Gasteiger charge is -2.18. The van der Waals surface area contributed by atoms with Gasteiger partial charge in [0.1, 0.15) is 36.9 Å². The van der Waals surface area contributed by atoms with E-state index in [9.17, 15) is 10.2 Å². The van der Waals surface area contributed by atoms with Crippen LogP contribution in [0.1, 0.15) is 219 Å². The van der Waals surface area contributed by atoms with E-state index < -0.39 is 12.2 Å². The third-order valence-corrected chi connectivity index (χ3v) is 13.8. The van der Waals surface area contributed by atoms with E-state index in [1.54, 1.807) is 11.8 Å². The summed E-state index contributed by atoms with van der Waals surface area (Å²) in [4.78, 5) is 2.05. The number of fused-ring (bicyclic) bond motifs is 1. The second kappa shape index (κ2) is 40.7. The van der Waals surface area contributed by atoms with Crippen LogP contribution in [0.4, 0.5) is 0 Å². The molecule has 0 aliphatic carbocycles. The number of hydrogen-bond donors (Lipinski definition) is 2. The van der Waals surface area contributed by atoms with Crippen LogP contribution in [0.2, 0.25) is 0 Å². The Kier molecular flexibility index (Phi) is 35.8. The van der Waals surface area contributed by atoms with Crippen molar-refractivity contribution in [2.24, 2.45) is 0 Å². The van der Waals surface area contributed by atoms with Crippen LogP contribution in [0, 0.1) is 0 Å². The Morgan fingerprint density at radius 3 is 1.23 bits per heavy atom. The van der Waals surface area contributed by atoms with Crippen molar-refractivity contribution in [2.45, 2.75) is 241 Å². The first-order chi connectivity index (χ1) is 32.1. The molecule has 0 saturated carbocycles. The highest BCUT2D eigenvalue weighted by molar-refractivity contribution is 7.99. The number of rotatable bonds is 46. The Labute approximate surface area is 403 Å². The molecule has 3 rings (SSSR count). The molecule has 2 N–H and O–H groups in total. The molecule has 0 bridgehead atoms. The molecular formula is C58H96O6S. The van der Waals surface area contributed by atoms with Gasteiger partial charge in [-0.2, -0.15) is 0 Å². The van der Waals surface area contributed by atoms with E-state index in [4.69, 9.17) is 18.9 Å². The van der Waals surface area contributed by atoms with Gasteiger partial charge >= 0.3 is 0 Å². The summed E-state index contributed by atoms with van der Waals surface area (Å²) < 4.78 is 24.1. The van der Waals surface area contributed by atoms with Gasteiger partial charge in [-0.25, -0.2) is 0 Å². The molecule has 0 saturated heterocycles. The number of aliphatic hydroxyl groups excluding tert-OH is 2. The van der Waals surface area contributed by atoms with Crippen molar-refractivity contribution >= 4 is 22.5 Å². The normalized spacial score (nSPS) is 12.6. The van der Waals surface area contributed by atoms with Crippen LogP contribution in [0.3, 0.4) is 0 Å². The fourth-order valence-corrected chi connectivity index (χ4v) is 9.63. The summed E-state index contributed by atoms with van der Waals surface area (Å²) in [7, 11) is 0. The van der Waals surface area contributed by atoms with Gasteiger partial charge in [-0.1, -0.05) is 249 Å². The topological polar surface area (TPSA) is 77.4 Å². The lowest BCUT2D eigenvalue weighted by atomic mass is 10.0. The molecule has 2 atom stereocenters. The van der Waals surface area contributed by atoms with Crippen LogP contribution in [0.5, 0.6) is 11.5 Å². The second-order valence-electron chi connectivity index (χ2n) is 18.9. The van der Waals surface area contributed by atoms with Crippen LogP contribution in [-0.2, 0) is 9.47 Å². The highest BCUT2D eigenvalue weighted by atomic mass is 32.2. The van der Waals surface area contributed by atoms with E-state index in [0.717, 1.165) is 33.4 Å². The van der Waals surface area contributed by atoms with Crippen molar-refractivity contribution in [3.05, 3.63) is 60.7 Å². The minimum absolute atomic E-state index is 0.147. The highest BCUT2D eigenvalue weighted by Gasteiger charge is 2.15. The molecule has 2 unspecified atom stereocenters. The van der Waals surface area contributed by atoms with Gasteiger partial charge in [0, 0.05) is 23.5 Å². The van der Waals surface area contributed by atoms with Gasteiger partial charge in [0.25, 0.3) is 0 Å². The van der Waals surface area contributed by atoms with Gasteiger partial charge in [-0.3, -0.25) is 0 Å². The van der Waals surface area contributed by atoms with Crippen LogP contribution < -0.4 is 9.47 Å². The fraction of sp³-hybridized carbons (Fsp3) is 0.724. The highest BCUT2D eigenvalue weighted by Crippen LogP contribution is 2.41. The van der Waals surface area contributed by atoms with E-state index in [1.807, 2.05) is 48.5 Å². The van der Waals surface area contributed by atoms with Gasteiger partial charge in [0.05, 0.1) is 18.1 Å². The van der Waals surface area contributed by atoms with Crippen molar-refractivity contribution in [2.75, 3.05) is 39.6 Å². The van der Waals surface area contributed by atoms with Crippen molar-refractivity contribution < 1.29 is 29.2 Å². The number of unbranched alkanes of at least 4 members (excludes halogenated alkanes) is 30. The van der Waals surface area contributed by atoms with E-state index in [-0.39, 0.29) is 26.4 Å². The maximum absolute atomic E-state index is 10.8. The molecule has 65 heavy (non-hydrogen) atoms. The second-order valence-corrected chi connectivity index (χ2v) is 20.0. The average Bonchev–Trinajstić information content (AvgIpc) is 3.32. The molecule has 0 aliphatic heterocycles. The lowest BCUT2D eigenvalue weighted by molar-refractivity contribution is 0.0105. The summed E-state index contributed by atoms with van der Waals surface area (Å²) >= 11 is 1.64. The van der Waals surface area contributed by atoms with Crippen LogP contribution in [0.15, 0.2) is 70.5 Å². The number of benzene rings is 3. The zero-order chi connectivity index (χ0) is 46.1. The quantitative estimate of drug-likeness (QED) is 0.0547. The van der Waals surface area contributed by atoms with Gasteiger partial charge in [0.15, 0.2) is 0 Å². The smallest absolute Gasteiger partial charge is 0.134 e. The molecule has 0 fully saturated rings. The van der Waals surface area contributed by atoms with Gasteiger partial charge in [0.2, 0.25) is 0 Å². The summed E-state index contributed by atoms with van der Waals surface area (Å²) in [5.74, 6) is 1.40. The molecule has 0 aliphatic rings. The predicted octanol–water partition coefficient (Wildman–Crippen LogP) is 17.0. The standard InChI is InChI=1S/C58H96O6S/c1-3-5-7-9-11-13-15-17-19-21-23-25-27-29-31-36-44-61-47-52(59)49-63-54-42-40-51-41-43-57(58(56(51)46-54)65-55-38-34-33-35-39-55)64-50-53(60)48-62-45-37-32-30-28-26-24-22-20-18-16-14-12-10-8-6-4-2/h33-35,38-43,46,52-53,59-60H,3-32,36-37,44-45,47-50H2,1-2H3. The minimum Gasteiger partial charge on any atom is -0.491 e.